The molecule has 0 radical (unpaired) electrons. The van der Waals surface area contributed by atoms with Gasteiger partial charge in [-0.25, -0.2) is 0 Å². The molecule has 0 aliphatic rings. The van der Waals surface area contributed by atoms with Crippen molar-refractivity contribution < 1.29 is 0 Å². The molecule has 0 amide bonds. The zero-order chi connectivity index (χ0) is 14.0. The molecule has 0 nitrogen and oxygen atoms in total. The van der Waals surface area contributed by atoms with Gasteiger partial charge >= 0.3 is 0 Å². The highest BCUT2D eigenvalue weighted by Gasteiger charge is 2.42. The van der Waals surface area contributed by atoms with Crippen molar-refractivity contribution in [1.29, 1.82) is 0 Å². The zero-order valence-corrected chi connectivity index (χ0v) is 16.3. The van der Waals surface area contributed by atoms with Gasteiger partial charge in [0.2, 0.25) is 0 Å². The van der Waals surface area contributed by atoms with Crippen LogP contribution < -0.4 is 5.19 Å². The third-order valence-electron chi connectivity index (χ3n) is 4.69. The summed E-state index contributed by atoms with van der Waals surface area (Å²) in [6.45, 7) is 18.0. The second-order valence-corrected chi connectivity index (χ2v) is 29.5. The average molecular weight is 295 g/mol. The molecule has 1 aromatic carbocycles. The first kappa shape index (κ1) is 15.9. The lowest BCUT2D eigenvalue weighted by molar-refractivity contribution is 1.29. The van der Waals surface area contributed by atoms with Gasteiger partial charge < -0.3 is 0 Å². The molecule has 0 aliphatic carbocycles. The van der Waals surface area contributed by atoms with Crippen LogP contribution in [0, 0.1) is 0 Å². The SMILES string of the molecule is C[Si](C)(C)CC[Si](C)(C)[Si](C)(C)c1ccccc1. The lowest BCUT2D eigenvalue weighted by Crippen LogP contribution is -2.63. The summed E-state index contributed by atoms with van der Waals surface area (Å²) in [5.41, 5.74) is 0. The van der Waals surface area contributed by atoms with E-state index in [9.17, 15) is 0 Å². The topological polar surface area (TPSA) is 0 Å². The Labute approximate surface area is 117 Å². The lowest BCUT2D eigenvalue weighted by atomic mass is 10.4. The monoisotopic (exact) mass is 294 g/mol. The summed E-state index contributed by atoms with van der Waals surface area (Å²) in [6, 6.07) is 14.3. The summed E-state index contributed by atoms with van der Waals surface area (Å²) in [7, 11) is -3.24. The van der Waals surface area contributed by atoms with E-state index in [0.717, 1.165) is 0 Å². The lowest BCUT2D eigenvalue weighted by Gasteiger charge is -2.40. The normalized spacial score (nSPS) is 13.7. The first-order valence-electron chi connectivity index (χ1n) is 7.12. The standard InChI is InChI=1S/C15H30Si3/c1-16(2,3)13-14-17(4,5)18(6,7)15-11-9-8-10-12-15/h8-12H,13-14H2,1-7H3. The molecule has 0 N–H and O–H groups in total. The molecule has 0 saturated heterocycles. The van der Waals surface area contributed by atoms with Gasteiger partial charge in [0.15, 0.2) is 0 Å². The van der Waals surface area contributed by atoms with Crippen LogP contribution in [0.3, 0.4) is 0 Å². The maximum Gasteiger partial charge on any atom is 0.0738 e. The fourth-order valence-electron chi connectivity index (χ4n) is 2.25. The van der Waals surface area contributed by atoms with Gasteiger partial charge in [-0.1, -0.05) is 93.4 Å². The highest BCUT2D eigenvalue weighted by molar-refractivity contribution is 7.45. The van der Waals surface area contributed by atoms with Crippen molar-refractivity contribution in [3.8, 4) is 0 Å². The minimum atomic E-state index is -1.25. The van der Waals surface area contributed by atoms with Crippen molar-refractivity contribution in [2.45, 2.75) is 57.9 Å². The Morgan fingerprint density at radius 3 is 1.67 bits per heavy atom. The van der Waals surface area contributed by atoms with Gasteiger partial charge in [-0.05, 0) is 0 Å². The van der Waals surface area contributed by atoms with E-state index in [0.29, 0.717) is 0 Å². The van der Waals surface area contributed by atoms with E-state index in [4.69, 9.17) is 0 Å². The Balaban J connectivity index is 2.89. The molecule has 0 aromatic heterocycles. The second kappa shape index (κ2) is 5.47. The summed E-state index contributed by atoms with van der Waals surface area (Å²) in [6.07, 6.45) is 0. The maximum absolute atomic E-state index is 2.63. The molecule has 1 aromatic rings. The Hall–Kier alpha value is -0.129. The molecule has 0 aliphatic heterocycles. The Bertz CT molecular complexity index is 374. The number of rotatable bonds is 5. The van der Waals surface area contributed by atoms with E-state index in [-0.39, 0.29) is 0 Å². The van der Waals surface area contributed by atoms with E-state index < -0.39 is 23.3 Å². The first-order valence-corrected chi connectivity index (χ1v) is 18.0. The smallest absolute Gasteiger partial charge is 0.0710 e. The molecule has 102 valence electrons. The molecule has 0 saturated carbocycles. The first-order chi connectivity index (χ1) is 8.06. The van der Waals surface area contributed by atoms with Gasteiger partial charge in [-0.2, -0.15) is 0 Å². The van der Waals surface area contributed by atoms with Gasteiger partial charge in [0.05, 0.1) is 7.59 Å². The van der Waals surface area contributed by atoms with Crippen LogP contribution in [-0.2, 0) is 0 Å². The maximum atomic E-state index is 2.63. The minimum Gasteiger partial charge on any atom is -0.0710 e. The Morgan fingerprint density at radius 2 is 1.22 bits per heavy atom. The van der Waals surface area contributed by atoms with Gasteiger partial charge in [0.25, 0.3) is 0 Å². The number of hydrogen-bond donors (Lipinski definition) is 0. The summed E-state index contributed by atoms with van der Waals surface area (Å²) in [5, 5.41) is 1.66. The van der Waals surface area contributed by atoms with Crippen molar-refractivity contribution in [1.82, 2.24) is 0 Å². The van der Waals surface area contributed by atoms with Crippen LogP contribution in [0.2, 0.25) is 57.9 Å². The highest BCUT2D eigenvalue weighted by atomic mass is 29.3. The van der Waals surface area contributed by atoms with Crippen molar-refractivity contribution in [2.24, 2.45) is 0 Å². The van der Waals surface area contributed by atoms with Crippen molar-refractivity contribution in [3.05, 3.63) is 30.3 Å². The molecule has 0 atom stereocenters. The van der Waals surface area contributed by atoms with Crippen LogP contribution in [-0.4, -0.2) is 23.3 Å². The highest BCUT2D eigenvalue weighted by Crippen LogP contribution is 2.28. The molecular weight excluding hydrogens is 264 g/mol. The average Bonchev–Trinajstić information content (AvgIpc) is 2.27. The summed E-state index contributed by atoms with van der Waals surface area (Å²) < 4.78 is 0. The minimum absolute atomic E-state index is 0.890. The molecule has 0 spiro atoms. The summed E-state index contributed by atoms with van der Waals surface area (Å²) in [5.74, 6) is 0. The quantitative estimate of drug-likeness (QED) is 0.689. The third-order valence-corrected chi connectivity index (χ3v) is 25.4. The molecular formula is C15H30Si3. The Kier molecular flexibility index (Phi) is 4.84. The van der Waals surface area contributed by atoms with Crippen LogP contribution in [0.1, 0.15) is 0 Å². The van der Waals surface area contributed by atoms with Gasteiger partial charge in [0, 0.05) is 15.7 Å². The molecule has 1 rings (SSSR count). The molecule has 0 fully saturated rings. The van der Waals surface area contributed by atoms with E-state index in [1.54, 1.807) is 5.19 Å². The molecule has 0 heterocycles. The molecule has 0 unspecified atom stereocenters. The number of benzene rings is 1. The van der Waals surface area contributed by atoms with Gasteiger partial charge in [-0.15, -0.1) is 0 Å². The van der Waals surface area contributed by atoms with Crippen LogP contribution in [0.4, 0.5) is 0 Å². The van der Waals surface area contributed by atoms with Crippen LogP contribution in [0.25, 0.3) is 0 Å². The van der Waals surface area contributed by atoms with E-state index in [2.05, 4.69) is 76.2 Å². The number of hydrogen-bond acceptors (Lipinski definition) is 0. The van der Waals surface area contributed by atoms with Gasteiger partial charge in [-0.3, -0.25) is 0 Å². The van der Waals surface area contributed by atoms with Crippen LogP contribution in [0.15, 0.2) is 30.3 Å². The molecule has 0 bridgehead atoms. The van der Waals surface area contributed by atoms with E-state index in [1.807, 2.05) is 0 Å². The van der Waals surface area contributed by atoms with Crippen molar-refractivity contribution in [3.63, 3.8) is 0 Å². The predicted molar refractivity (Wildman–Crippen MR) is 94.0 cm³/mol. The fraction of sp³-hybridized carbons (Fsp3) is 0.600. The molecule has 3 heteroatoms. The van der Waals surface area contributed by atoms with Crippen LogP contribution >= 0.6 is 0 Å². The summed E-state index contributed by atoms with van der Waals surface area (Å²) in [4.78, 5) is 0. The van der Waals surface area contributed by atoms with Gasteiger partial charge in [0.1, 0.15) is 0 Å². The van der Waals surface area contributed by atoms with Crippen LogP contribution in [0.5, 0.6) is 0 Å². The van der Waals surface area contributed by atoms with Crippen molar-refractivity contribution >= 4 is 28.4 Å². The van der Waals surface area contributed by atoms with E-state index >= 15 is 0 Å². The zero-order valence-electron chi connectivity index (χ0n) is 13.3. The summed E-state index contributed by atoms with van der Waals surface area (Å²) >= 11 is 0. The van der Waals surface area contributed by atoms with E-state index in [1.165, 1.54) is 12.1 Å². The Morgan fingerprint density at radius 1 is 0.722 bits per heavy atom. The predicted octanol–water partition coefficient (Wildman–Crippen LogP) is 4.73. The largest absolute Gasteiger partial charge is 0.0738 e. The third kappa shape index (κ3) is 3.93. The molecule has 18 heavy (non-hydrogen) atoms. The van der Waals surface area contributed by atoms with Crippen molar-refractivity contribution in [2.75, 3.05) is 0 Å². The fourth-order valence-corrected chi connectivity index (χ4v) is 16.0. The second-order valence-electron chi connectivity index (χ2n) is 7.94.